The molecule has 1 heterocycles. The summed E-state index contributed by atoms with van der Waals surface area (Å²) in [5.41, 5.74) is 2.54. The Hall–Kier alpha value is -2.24. The standard InChI is InChI=1S/C20H19ClF2N2O/c21-18-11-15(3-6-19(18)23)12-24-20(26)16-7-9-25(10-8-16)13-14-1-4-17(22)5-2-14/h1-7,11H,8-10,12-13H2,(H,24,26). The van der Waals surface area contributed by atoms with Gasteiger partial charge in [0.05, 0.1) is 5.02 Å². The van der Waals surface area contributed by atoms with Crippen LogP contribution in [0.5, 0.6) is 0 Å². The summed E-state index contributed by atoms with van der Waals surface area (Å²) in [6.45, 7) is 2.46. The molecular weight excluding hydrogens is 358 g/mol. The number of hydrogen-bond donors (Lipinski definition) is 1. The first-order valence-corrected chi connectivity index (χ1v) is 8.77. The predicted molar refractivity (Wildman–Crippen MR) is 97.6 cm³/mol. The van der Waals surface area contributed by atoms with E-state index in [-0.39, 0.29) is 16.7 Å². The van der Waals surface area contributed by atoms with Crippen LogP contribution in [0.15, 0.2) is 54.1 Å². The summed E-state index contributed by atoms with van der Waals surface area (Å²) < 4.78 is 26.1. The quantitative estimate of drug-likeness (QED) is 0.853. The zero-order valence-electron chi connectivity index (χ0n) is 14.1. The van der Waals surface area contributed by atoms with Crippen molar-refractivity contribution in [3.05, 3.63) is 81.9 Å². The van der Waals surface area contributed by atoms with E-state index in [0.29, 0.717) is 19.5 Å². The second-order valence-electron chi connectivity index (χ2n) is 6.27. The van der Waals surface area contributed by atoms with Crippen molar-refractivity contribution in [2.75, 3.05) is 13.1 Å². The summed E-state index contributed by atoms with van der Waals surface area (Å²) >= 11 is 5.74. The summed E-state index contributed by atoms with van der Waals surface area (Å²) in [5.74, 6) is -0.835. The Morgan fingerprint density at radius 2 is 1.85 bits per heavy atom. The minimum absolute atomic E-state index is 0.0464. The Labute approximate surface area is 156 Å². The molecule has 1 amide bonds. The average molecular weight is 377 g/mol. The van der Waals surface area contributed by atoms with E-state index in [0.717, 1.165) is 29.8 Å². The lowest BCUT2D eigenvalue weighted by Gasteiger charge is -2.26. The molecule has 3 nitrogen and oxygen atoms in total. The second kappa shape index (κ2) is 8.43. The van der Waals surface area contributed by atoms with Gasteiger partial charge in [0.15, 0.2) is 0 Å². The maximum Gasteiger partial charge on any atom is 0.247 e. The van der Waals surface area contributed by atoms with Gasteiger partial charge in [0, 0.05) is 31.8 Å². The third-order valence-corrected chi connectivity index (χ3v) is 4.63. The fraction of sp³-hybridized carbons (Fsp3) is 0.250. The highest BCUT2D eigenvalue weighted by molar-refractivity contribution is 6.30. The molecular formula is C20H19ClF2N2O. The number of carbonyl (C=O) groups is 1. The molecule has 0 atom stereocenters. The smallest absolute Gasteiger partial charge is 0.247 e. The molecule has 1 N–H and O–H groups in total. The average Bonchev–Trinajstić information content (AvgIpc) is 2.65. The van der Waals surface area contributed by atoms with Crippen molar-refractivity contribution in [3.63, 3.8) is 0 Å². The molecule has 3 rings (SSSR count). The molecule has 2 aromatic rings. The molecule has 0 radical (unpaired) electrons. The minimum Gasteiger partial charge on any atom is -0.348 e. The van der Waals surface area contributed by atoms with Crippen LogP contribution in [0.3, 0.4) is 0 Å². The van der Waals surface area contributed by atoms with Gasteiger partial charge in [-0.2, -0.15) is 0 Å². The molecule has 6 heteroatoms. The molecule has 0 aliphatic carbocycles. The van der Waals surface area contributed by atoms with E-state index in [1.165, 1.54) is 24.3 Å². The van der Waals surface area contributed by atoms with Gasteiger partial charge in [0.25, 0.3) is 0 Å². The summed E-state index contributed by atoms with van der Waals surface area (Å²) in [4.78, 5) is 14.5. The summed E-state index contributed by atoms with van der Waals surface area (Å²) in [5, 5.41) is 2.88. The number of nitrogens with zero attached hydrogens (tertiary/aromatic N) is 1. The first kappa shape index (κ1) is 18.5. The van der Waals surface area contributed by atoms with Crippen LogP contribution < -0.4 is 5.32 Å². The Morgan fingerprint density at radius 3 is 2.50 bits per heavy atom. The van der Waals surface area contributed by atoms with Crippen LogP contribution >= 0.6 is 11.6 Å². The summed E-state index contributed by atoms with van der Waals surface area (Å²) in [6, 6.07) is 10.9. The van der Waals surface area contributed by atoms with Crippen molar-refractivity contribution in [2.24, 2.45) is 0 Å². The molecule has 1 aliphatic rings. The van der Waals surface area contributed by atoms with Crippen LogP contribution in [-0.4, -0.2) is 23.9 Å². The second-order valence-corrected chi connectivity index (χ2v) is 6.68. The third kappa shape index (κ3) is 4.90. The summed E-state index contributed by atoms with van der Waals surface area (Å²) in [6.07, 6.45) is 2.57. The minimum atomic E-state index is -0.474. The van der Waals surface area contributed by atoms with Crippen LogP contribution in [0.1, 0.15) is 17.5 Å². The van der Waals surface area contributed by atoms with Crippen molar-refractivity contribution >= 4 is 17.5 Å². The highest BCUT2D eigenvalue weighted by Crippen LogP contribution is 2.17. The van der Waals surface area contributed by atoms with Crippen LogP contribution in [0.2, 0.25) is 5.02 Å². The van der Waals surface area contributed by atoms with Crippen LogP contribution in [0, 0.1) is 11.6 Å². The topological polar surface area (TPSA) is 32.3 Å². The van der Waals surface area contributed by atoms with Gasteiger partial charge in [-0.05, 0) is 41.8 Å². The first-order valence-electron chi connectivity index (χ1n) is 8.39. The Bertz CT molecular complexity index is 821. The van der Waals surface area contributed by atoms with Gasteiger partial charge in [-0.25, -0.2) is 8.78 Å². The molecule has 136 valence electrons. The molecule has 0 bridgehead atoms. The number of halogens is 3. The largest absolute Gasteiger partial charge is 0.348 e. The van der Waals surface area contributed by atoms with Gasteiger partial charge >= 0.3 is 0 Å². The van der Waals surface area contributed by atoms with E-state index >= 15 is 0 Å². The van der Waals surface area contributed by atoms with E-state index in [1.54, 1.807) is 18.2 Å². The Kier molecular flexibility index (Phi) is 6.01. The Balaban J connectivity index is 1.50. The molecule has 1 aliphatic heterocycles. The van der Waals surface area contributed by atoms with E-state index < -0.39 is 5.82 Å². The predicted octanol–water partition coefficient (Wildman–Crippen LogP) is 4.07. The van der Waals surface area contributed by atoms with Gasteiger partial charge in [0.2, 0.25) is 5.91 Å². The van der Waals surface area contributed by atoms with Crippen LogP contribution in [0.25, 0.3) is 0 Å². The van der Waals surface area contributed by atoms with Crippen LogP contribution in [-0.2, 0) is 17.9 Å². The van der Waals surface area contributed by atoms with Gasteiger partial charge < -0.3 is 5.32 Å². The first-order chi connectivity index (χ1) is 12.5. The van der Waals surface area contributed by atoms with E-state index in [1.807, 2.05) is 6.08 Å². The fourth-order valence-electron chi connectivity index (χ4n) is 2.85. The lowest BCUT2D eigenvalue weighted by atomic mass is 10.1. The number of hydrogen-bond acceptors (Lipinski definition) is 2. The normalized spacial score (nSPS) is 14.8. The third-order valence-electron chi connectivity index (χ3n) is 4.34. The summed E-state index contributed by atoms with van der Waals surface area (Å²) in [7, 11) is 0. The number of nitrogens with one attached hydrogen (secondary N) is 1. The number of benzene rings is 2. The molecule has 0 unspecified atom stereocenters. The zero-order valence-corrected chi connectivity index (χ0v) is 14.9. The lowest BCUT2D eigenvalue weighted by molar-refractivity contribution is -0.117. The number of carbonyl (C=O) groups excluding carboxylic acids is 1. The molecule has 0 saturated heterocycles. The van der Waals surface area contributed by atoms with Crippen molar-refractivity contribution in [1.82, 2.24) is 10.2 Å². The van der Waals surface area contributed by atoms with E-state index in [2.05, 4.69) is 10.2 Å². The van der Waals surface area contributed by atoms with Crippen molar-refractivity contribution in [3.8, 4) is 0 Å². The maximum absolute atomic E-state index is 13.1. The van der Waals surface area contributed by atoms with E-state index in [9.17, 15) is 13.6 Å². The van der Waals surface area contributed by atoms with Crippen molar-refractivity contribution in [2.45, 2.75) is 19.5 Å². The highest BCUT2D eigenvalue weighted by atomic mass is 35.5. The molecule has 0 fully saturated rings. The van der Waals surface area contributed by atoms with Gasteiger partial charge in [-0.1, -0.05) is 35.9 Å². The highest BCUT2D eigenvalue weighted by Gasteiger charge is 2.17. The van der Waals surface area contributed by atoms with Crippen molar-refractivity contribution < 1.29 is 13.6 Å². The van der Waals surface area contributed by atoms with Crippen LogP contribution in [0.4, 0.5) is 8.78 Å². The lowest BCUT2D eigenvalue weighted by Crippen LogP contribution is -2.33. The van der Waals surface area contributed by atoms with Crippen molar-refractivity contribution in [1.29, 1.82) is 0 Å². The van der Waals surface area contributed by atoms with Gasteiger partial charge in [0.1, 0.15) is 11.6 Å². The van der Waals surface area contributed by atoms with Gasteiger partial charge in [-0.3, -0.25) is 9.69 Å². The monoisotopic (exact) mass is 376 g/mol. The maximum atomic E-state index is 13.1. The molecule has 2 aromatic carbocycles. The van der Waals surface area contributed by atoms with E-state index in [4.69, 9.17) is 11.6 Å². The molecule has 0 aromatic heterocycles. The number of rotatable bonds is 5. The molecule has 0 spiro atoms. The number of amides is 1. The Morgan fingerprint density at radius 1 is 1.12 bits per heavy atom. The fourth-order valence-corrected chi connectivity index (χ4v) is 3.06. The SMILES string of the molecule is O=C(NCc1ccc(F)c(Cl)c1)C1=CCN(Cc2ccc(F)cc2)CC1. The molecule has 26 heavy (non-hydrogen) atoms. The molecule has 0 saturated carbocycles. The van der Waals surface area contributed by atoms with Gasteiger partial charge in [-0.15, -0.1) is 0 Å². The zero-order chi connectivity index (χ0) is 18.5.